The molecule has 0 spiro atoms. The Hall–Kier alpha value is -2.93. The van der Waals surface area contributed by atoms with E-state index < -0.39 is 27.6 Å². The van der Waals surface area contributed by atoms with Crippen molar-refractivity contribution in [3.8, 4) is 6.07 Å². The first-order valence-electron chi connectivity index (χ1n) is 6.34. The Balaban J connectivity index is 2.88. The maximum absolute atomic E-state index is 11.7. The first-order valence-corrected chi connectivity index (χ1v) is 7.83. The molecule has 0 saturated carbocycles. The molecule has 10 heteroatoms. The van der Waals surface area contributed by atoms with Crippen molar-refractivity contribution in [1.82, 2.24) is 4.72 Å². The minimum absolute atomic E-state index is 0.106. The Bertz CT molecular complexity index is 763. The highest BCUT2D eigenvalue weighted by Crippen LogP contribution is 2.14. The molecule has 122 valence electrons. The quantitative estimate of drug-likeness (QED) is 0.434. The number of ether oxygens (including phenoxy) is 1. The Morgan fingerprint density at radius 3 is 2.39 bits per heavy atom. The lowest BCUT2D eigenvalue weighted by Gasteiger charge is -2.06. The average Bonchev–Trinajstić information content (AvgIpc) is 2.47. The van der Waals surface area contributed by atoms with E-state index in [1.165, 1.54) is 24.3 Å². The fourth-order valence-corrected chi connectivity index (χ4v) is 2.38. The number of nitrogens with zero attached hydrogens (tertiary/aromatic N) is 2. The van der Waals surface area contributed by atoms with E-state index in [1.54, 1.807) is 13.0 Å². The minimum atomic E-state index is -3.92. The summed E-state index contributed by atoms with van der Waals surface area (Å²) in [6.07, 6.45) is 0. The van der Waals surface area contributed by atoms with Gasteiger partial charge in [0.1, 0.15) is 6.07 Å². The molecule has 0 fully saturated rings. The zero-order valence-electron chi connectivity index (χ0n) is 12.4. The monoisotopic (exact) mass is 338 g/mol. The lowest BCUT2D eigenvalue weighted by Crippen LogP contribution is -2.28. The van der Waals surface area contributed by atoms with Gasteiger partial charge in [-0.1, -0.05) is 0 Å². The van der Waals surface area contributed by atoms with Gasteiger partial charge in [0.2, 0.25) is 11.6 Å². The van der Waals surface area contributed by atoms with Crippen molar-refractivity contribution in [2.75, 3.05) is 12.0 Å². The van der Waals surface area contributed by atoms with Gasteiger partial charge in [-0.15, -0.1) is 0 Å². The third kappa shape index (κ3) is 5.40. The second-order valence-electron chi connectivity index (χ2n) is 4.09. The molecular weight excluding hydrogens is 324 g/mol. The van der Waals surface area contributed by atoms with E-state index in [9.17, 15) is 18.0 Å². The first kappa shape index (κ1) is 18.1. The van der Waals surface area contributed by atoms with Gasteiger partial charge in [0, 0.05) is 6.92 Å². The van der Waals surface area contributed by atoms with E-state index in [0.717, 1.165) is 6.92 Å². The highest BCUT2D eigenvalue weighted by molar-refractivity contribution is 7.90. The number of esters is 1. The molecule has 1 rings (SSSR count). The van der Waals surface area contributed by atoms with Gasteiger partial charge in [-0.3, -0.25) is 10.2 Å². The Morgan fingerprint density at radius 2 is 1.91 bits per heavy atom. The maximum Gasteiger partial charge on any atom is 0.369 e. The van der Waals surface area contributed by atoms with Crippen molar-refractivity contribution < 1.29 is 22.7 Å². The first-order chi connectivity index (χ1) is 10.8. The molecule has 1 aromatic carbocycles. The molecule has 0 bridgehead atoms. The van der Waals surface area contributed by atoms with E-state index in [0.29, 0.717) is 5.69 Å². The van der Waals surface area contributed by atoms with Gasteiger partial charge in [0.25, 0.3) is 10.0 Å². The van der Waals surface area contributed by atoms with Gasteiger partial charge in [-0.2, -0.15) is 10.4 Å². The number of amides is 1. The molecule has 0 aliphatic rings. The summed E-state index contributed by atoms with van der Waals surface area (Å²) in [6.45, 7) is 2.78. The van der Waals surface area contributed by atoms with Crippen LogP contribution in [0.5, 0.6) is 0 Å². The number of nitrogens with one attached hydrogen (secondary N) is 2. The number of hydrazone groups is 1. The fraction of sp³-hybridized carbons (Fsp3) is 0.231. The molecule has 1 amide bonds. The molecule has 0 aromatic heterocycles. The summed E-state index contributed by atoms with van der Waals surface area (Å²) in [7, 11) is -3.92. The predicted molar refractivity (Wildman–Crippen MR) is 80.7 cm³/mol. The molecule has 0 aliphatic carbocycles. The van der Waals surface area contributed by atoms with Crippen LogP contribution >= 0.6 is 0 Å². The van der Waals surface area contributed by atoms with Crippen molar-refractivity contribution in [2.45, 2.75) is 18.7 Å². The van der Waals surface area contributed by atoms with Crippen LogP contribution in [0.3, 0.4) is 0 Å². The van der Waals surface area contributed by atoms with Crippen LogP contribution in [0.4, 0.5) is 5.69 Å². The van der Waals surface area contributed by atoms with Crippen LogP contribution in [0.2, 0.25) is 0 Å². The van der Waals surface area contributed by atoms with Crippen LogP contribution in [0, 0.1) is 11.3 Å². The molecule has 0 aliphatic heterocycles. The number of rotatable bonds is 6. The third-order valence-electron chi connectivity index (χ3n) is 2.31. The second-order valence-corrected chi connectivity index (χ2v) is 5.77. The number of sulfonamides is 1. The Labute approximate surface area is 133 Å². The van der Waals surface area contributed by atoms with Crippen molar-refractivity contribution in [1.29, 1.82) is 5.26 Å². The van der Waals surface area contributed by atoms with Crippen LogP contribution in [0.25, 0.3) is 0 Å². The van der Waals surface area contributed by atoms with E-state index in [2.05, 4.69) is 15.3 Å². The maximum atomic E-state index is 11.7. The average molecular weight is 338 g/mol. The summed E-state index contributed by atoms with van der Waals surface area (Å²) < 4.78 is 29.9. The molecular formula is C13H14N4O5S. The van der Waals surface area contributed by atoms with Gasteiger partial charge < -0.3 is 4.74 Å². The van der Waals surface area contributed by atoms with E-state index in [-0.39, 0.29) is 11.5 Å². The summed E-state index contributed by atoms with van der Waals surface area (Å²) in [5.74, 6) is -1.57. The summed E-state index contributed by atoms with van der Waals surface area (Å²) in [6, 6.07) is 6.77. The largest absolute Gasteiger partial charge is 0.461 e. The van der Waals surface area contributed by atoms with Gasteiger partial charge in [-0.25, -0.2) is 17.9 Å². The fourth-order valence-electron chi connectivity index (χ4n) is 1.39. The summed E-state index contributed by atoms with van der Waals surface area (Å²) >= 11 is 0. The van der Waals surface area contributed by atoms with Gasteiger partial charge in [-0.05, 0) is 31.2 Å². The molecule has 23 heavy (non-hydrogen) atoms. The predicted octanol–water partition coefficient (Wildman–Crippen LogP) is 0.366. The number of carbonyl (C=O) groups is 2. The molecule has 1 aromatic rings. The Morgan fingerprint density at radius 1 is 1.30 bits per heavy atom. The zero-order valence-corrected chi connectivity index (χ0v) is 13.2. The molecule has 0 saturated heterocycles. The topological polar surface area (TPSA) is 138 Å². The number of hydrogen-bond acceptors (Lipinski definition) is 8. The number of hydrogen-bond donors (Lipinski definition) is 2. The molecule has 2 N–H and O–H groups in total. The van der Waals surface area contributed by atoms with E-state index in [4.69, 9.17) is 5.26 Å². The van der Waals surface area contributed by atoms with Crippen LogP contribution in [0.1, 0.15) is 13.8 Å². The van der Waals surface area contributed by atoms with Gasteiger partial charge >= 0.3 is 5.97 Å². The Kier molecular flexibility index (Phi) is 6.23. The van der Waals surface area contributed by atoms with Crippen molar-refractivity contribution in [2.24, 2.45) is 5.10 Å². The number of benzene rings is 1. The second kappa shape index (κ2) is 7.90. The standard InChI is InChI=1S/C13H14N4O5S/c1-3-22-13(19)12(8-14)16-15-10-4-6-11(7-5-10)23(20,21)17-9(2)18/h4-7,15H,3H2,1-2H3,(H,17,18)/b16-12-. The number of nitriles is 1. The minimum Gasteiger partial charge on any atom is -0.461 e. The zero-order chi connectivity index (χ0) is 17.5. The molecule has 0 atom stereocenters. The van der Waals surface area contributed by atoms with E-state index in [1.807, 2.05) is 4.72 Å². The third-order valence-corrected chi connectivity index (χ3v) is 3.76. The van der Waals surface area contributed by atoms with Gasteiger partial charge in [0.15, 0.2) is 0 Å². The highest BCUT2D eigenvalue weighted by Gasteiger charge is 2.15. The van der Waals surface area contributed by atoms with Crippen LogP contribution in [-0.2, 0) is 24.3 Å². The van der Waals surface area contributed by atoms with Crippen molar-refractivity contribution in [3.05, 3.63) is 24.3 Å². The number of anilines is 1. The SMILES string of the molecule is CCOC(=O)/C(C#N)=N\Nc1ccc(S(=O)(=O)NC(C)=O)cc1. The lowest BCUT2D eigenvalue weighted by atomic mass is 10.3. The number of carbonyl (C=O) groups excluding carboxylic acids is 2. The molecule has 0 radical (unpaired) electrons. The lowest BCUT2D eigenvalue weighted by molar-refractivity contribution is -0.134. The van der Waals surface area contributed by atoms with Crippen LogP contribution < -0.4 is 10.1 Å². The highest BCUT2D eigenvalue weighted by atomic mass is 32.2. The van der Waals surface area contributed by atoms with Crippen molar-refractivity contribution in [3.63, 3.8) is 0 Å². The molecule has 0 heterocycles. The molecule has 0 unspecified atom stereocenters. The summed E-state index contributed by atoms with van der Waals surface area (Å²) in [5.41, 5.74) is 2.30. The summed E-state index contributed by atoms with van der Waals surface area (Å²) in [5, 5.41) is 12.4. The van der Waals surface area contributed by atoms with Crippen LogP contribution in [-0.4, -0.2) is 32.6 Å². The van der Waals surface area contributed by atoms with Crippen molar-refractivity contribution >= 4 is 33.3 Å². The normalized spacial score (nSPS) is 11.3. The molecule has 9 nitrogen and oxygen atoms in total. The van der Waals surface area contributed by atoms with Crippen LogP contribution in [0.15, 0.2) is 34.3 Å². The van der Waals surface area contributed by atoms with E-state index >= 15 is 0 Å². The smallest absolute Gasteiger partial charge is 0.369 e. The van der Waals surface area contributed by atoms with Gasteiger partial charge in [0.05, 0.1) is 17.2 Å². The summed E-state index contributed by atoms with van der Waals surface area (Å²) in [4.78, 5) is 22.1.